The van der Waals surface area contributed by atoms with Gasteiger partial charge in [-0.25, -0.2) is 0 Å². The zero-order valence-corrected chi connectivity index (χ0v) is 19.2. The summed E-state index contributed by atoms with van der Waals surface area (Å²) in [6.07, 6.45) is 0. The minimum absolute atomic E-state index is 0.00128. The third-order valence-electron chi connectivity index (χ3n) is 7.82. The highest BCUT2D eigenvalue weighted by molar-refractivity contribution is 6.24. The van der Waals surface area contributed by atoms with Crippen molar-refractivity contribution < 1.29 is 0 Å². The van der Waals surface area contributed by atoms with Crippen molar-refractivity contribution >= 4 is 32.6 Å². The molecule has 0 spiro atoms. The highest BCUT2D eigenvalue weighted by Gasteiger charge is 2.35. The van der Waals surface area contributed by atoms with Gasteiger partial charge in [0.1, 0.15) is 0 Å². The van der Waals surface area contributed by atoms with Gasteiger partial charge in [-0.05, 0) is 62.4 Å². The van der Waals surface area contributed by atoms with Crippen molar-refractivity contribution in [1.82, 2.24) is 4.57 Å². The predicted molar refractivity (Wildman–Crippen MR) is 141 cm³/mol. The van der Waals surface area contributed by atoms with Crippen molar-refractivity contribution in [2.45, 2.75) is 19.3 Å². The van der Waals surface area contributed by atoms with Gasteiger partial charge in [-0.1, -0.05) is 92.7 Å². The molecule has 5 aromatic carbocycles. The number of hydrogen-bond donors (Lipinski definition) is 0. The third kappa shape index (κ3) is 2.37. The second kappa shape index (κ2) is 6.36. The molecule has 0 fully saturated rings. The standard InChI is InChI=1S/C32H25N/c1-32(2)26-13-7-6-11-24(26)25-17-15-21(19-27(25)32)23-12-8-14-28-31(23)30-22-10-5-4-9-20(22)16-18-29(30)33(28)3/h4-19H,1-3H3. The SMILES string of the molecule is Cn1c2cccc(-c3ccc4c(c3)C(C)(C)c3ccccc3-4)c2c2c3ccccc3ccc21. The number of hydrogen-bond acceptors (Lipinski definition) is 0. The van der Waals surface area contributed by atoms with E-state index in [0.29, 0.717) is 0 Å². The molecular weight excluding hydrogens is 398 g/mol. The number of nitrogens with zero attached hydrogens (tertiary/aromatic N) is 1. The van der Waals surface area contributed by atoms with Gasteiger partial charge in [-0.2, -0.15) is 0 Å². The molecule has 0 saturated heterocycles. The summed E-state index contributed by atoms with van der Waals surface area (Å²) in [5, 5.41) is 5.31. The lowest BCUT2D eigenvalue weighted by Crippen LogP contribution is -2.14. The maximum absolute atomic E-state index is 2.44. The first-order valence-corrected chi connectivity index (χ1v) is 11.7. The zero-order chi connectivity index (χ0) is 22.3. The smallest absolute Gasteiger partial charge is 0.0495 e. The Balaban J connectivity index is 1.57. The van der Waals surface area contributed by atoms with Crippen LogP contribution in [0.3, 0.4) is 0 Å². The van der Waals surface area contributed by atoms with Crippen molar-refractivity contribution in [3.8, 4) is 22.3 Å². The van der Waals surface area contributed by atoms with Crippen LogP contribution in [0.4, 0.5) is 0 Å². The van der Waals surface area contributed by atoms with Crippen molar-refractivity contribution in [3.63, 3.8) is 0 Å². The molecule has 0 aliphatic heterocycles. The van der Waals surface area contributed by atoms with Crippen molar-refractivity contribution in [3.05, 3.63) is 108 Å². The first kappa shape index (κ1) is 18.7. The predicted octanol–water partition coefficient (Wildman–Crippen LogP) is 8.46. The Morgan fingerprint density at radius 3 is 2.21 bits per heavy atom. The summed E-state index contributed by atoms with van der Waals surface area (Å²) in [6, 6.07) is 36.0. The molecule has 6 aromatic rings. The molecule has 0 N–H and O–H groups in total. The Morgan fingerprint density at radius 1 is 0.576 bits per heavy atom. The van der Waals surface area contributed by atoms with E-state index in [1.54, 1.807) is 0 Å². The minimum Gasteiger partial charge on any atom is -0.344 e. The molecule has 1 aliphatic carbocycles. The maximum Gasteiger partial charge on any atom is 0.0495 e. The summed E-state index contributed by atoms with van der Waals surface area (Å²) >= 11 is 0. The molecule has 0 bridgehead atoms. The van der Waals surface area contributed by atoms with E-state index in [1.165, 1.54) is 66.0 Å². The second-order valence-electron chi connectivity index (χ2n) is 9.87. The molecule has 0 amide bonds. The maximum atomic E-state index is 2.44. The minimum atomic E-state index is 0.00128. The van der Waals surface area contributed by atoms with Crippen LogP contribution in [0.5, 0.6) is 0 Å². The molecule has 0 saturated carbocycles. The molecule has 7 rings (SSSR count). The van der Waals surface area contributed by atoms with Crippen LogP contribution in [0.2, 0.25) is 0 Å². The molecule has 1 heterocycles. The Morgan fingerprint density at radius 2 is 1.30 bits per heavy atom. The van der Waals surface area contributed by atoms with E-state index in [9.17, 15) is 0 Å². The summed E-state index contributed by atoms with van der Waals surface area (Å²) in [7, 11) is 2.19. The largest absolute Gasteiger partial charge is 0.344 e. The average Bonchev–Trinajstić information content (AvgIpc) is 3.28. The van der Waals surface area contributed by atoms with Crippen molar-refractivity contribution in [2.24, 2.45) is 7.05 Å². The van der Waals surface area contributed by atoms with E-state index < -0.39 is 0 Å². The van der Waals surface area contributed by atoms with Gasteiger partial charge in [0.15, 0.2) is 0 Å². The number of aryl methyl sites for hydroxylation is 1. The molecule has 0 atom stereocenters. The fourth-order valence-electron chi connectivity index (χ4n) is 6.13. The lowest BCUT2D eigenvalue weighted by atomic mass is 9.81. The molecular formula is C32H25N. The second-order valence-corrected chi connectivity index (χ2v) is 9.87. The van der Waals surface area contributed by atoms with Crippen molar-refractivity contribution in [1.29, 1.82) is 0 Å². The summed E-state index contributed by atoms with van der Waals surface area (Å²) in [5.41, 5.74) is 10.8. The molecule has 33 heavy (non-hydrogen) atoms. The molecule has 1 heteroatoms. The van der Waals surface area contributed by atoms with Crippen LogP contribution >= 0.6 is 0 Å². The molecule has 158 valence electrons. The van der Waals surface area contributed by atoms with E-state index in [0.717, 1.165) is 0 Å². The summed E-state index contributed by atoms with van der Waals surface area (Å²) in [4.78, 5) is 0. The summed E-state index contributed by atoms with van der Waals surface area (Å²) < 4.78 is 2.34. The quantitative estimate of drug-likeness (QED) is 0.250. The van der Waals surface area contributed by atoms with Gasteiger partial charge in [-0.15, -0.1) is 0 Å². The van der Waals surface area contributed by atoms with Gasteiger partial charge in [-0.3, -0.25) is 0 Å². The Labute approximate surface area is 193 Å². The van der Waals surface area contributed by atoms with Gasteiger partial charge < -0.3 is 4.57 Å². The van der Waals surface area contributed by atoms with Gasteiger partial charge in [0.2, 0.25) is 0 Å². The summed E-state index contributed by atoms with van der Waals surface area (Å²) in [5.74, 6) is 0. The Bertz CT molecular complexity index is 1750. The third-order valence-corrected chi connectivity index (χ3v) is 7.82. The average molecular weight is 424 g/mol. The molecule has 0 unspecified atom stereocenters. The number of aromatic nitrogens is 1. The van der Waals surface area contributed by atoms with E-state index in [2.05, 4.69) is 123 Å². The van der Waals surface area contributed by atoms with Crippen LogP contribution in [-0.4, -0.2) is 4.57 Å². The highest BCUT2D eigenvalue weighted by Crippen LogP contribution is 2.50. The van der Waals surface area contributed by atoms with Crippen molar-refractivity contribution in [2.75, 3.05) is 0 Å². The first-order valence-electron chi connectivity index (χ1n) is 11.7. The lowest BCUT2D eigenvalue weighted by molar-refractivity contribution is 0.660. The van der Waals surface area contributed by atoms with Gasteiger partial charge in [0, 0.05) is 34.3 Å². The van der Waals surface area contributed by atoms with Crippen LogP contribution in [0, 0.1) is 0 Å². The van der Waals surface area contributed by atoms with Crippen LogP contribution < -0.4 is 0 Å². The molecule has 1 aliphatic rings. The number of benzene rings is 5. The fourth-order valence-corrected chi connectivity index (χ4v) is 6.13. The Kier molecular flexibility index (Phi) is 3.60. The molecule has 1 aromatic heterocycles. The van der Waals surface area contributed by atoms with E-state index in [1.807, 2.05) is 0 Å². The number of fused-ring (bicyclic) bond motifs is 8. The topological polar surface area (TPSA) is 4.93 Å². The van der Waals surface area contributed by atoms with Gasteiger partial charge in [0.25, 0.3) is 0 Å². The Hall–Kier alpha value is -3.84. The van der Waals surface area contributed by atoms with Gasteiger partial charge in [0.05, 0.1) is 0 Å². The van der Waals surface area contributed by atoms with E-state index >= 15 is 0 Å². The normalized spacial score (nSPS) is 14.2. The molecule has 1 nitrogen and oxygen atoms in total. The number of rotatable bonds is 1. The molecule has 0 radical (unpaired) electrons. The highest BCUT2D eigenvalue weighted by atomic mass is 14.9. The van der Waals surface area contributed by atoms with E-state index in [4.69, 9.17) is 0 Å². The van der Waals surface area contributed by atoms with E-state index in [-0.39, 0.29) is 5.41 Å². The zero-order valence-electron chi connectivity index (χ0n) is 19.2. The van der Waals surface area contributed by atoms with Crippen LogP contribution in [0.1, 0.15) is 25.0 Å². The van der Waals surface area contributed by atoms with Crippen LogP contribution in [0.15, 0.2) is 97.1 Å². The first-order chi connectivity index (χ1) is 16.1. The fraction of sp³-hybridized carbons (Fsp3) is 0.125. The monoisotopic (exact) mass is 423 g/mol. The van der Waals surface area contributed by atoms with Crippen LogP contribution in [0.25, 0.3) is 54.8 Å². The summed E-state index contributed by atoms with van der Waals surface area (Å²) in [6.45, 7) is 4.71. The van der Waals surface area contributed by atoms with Crippen LogP contribution in [-0.2, 0) is 12.5 Å². The lowest BCUT2D eigenvalue weighted by Gasteiger charge is -2.22. The van der Waals surface area contributed by atoms with Gasteiger partial charge >= 0.3 is 0 Å².